The molecule has 0 saturated carbocycles. The molecule has 6 atom stereocenters. The summed E-state index contributed by atoms with van der Waals surface area (Å²) in [6.07, 6.45) is -7.93. The van der Waals surface area contributed by atoms with Crippen LogP contribution in [0.25, 0.3) is 0 Å². The molecule has 0 bridgehead atoms. The molecular weight excluding hydrogens is 406 g/mol. The molecule has 0 aromatic heterocycles. The van der Waals surface area contributed by atoms with E-state index in [2.05, 4.69) is 8.83 Å². The van der Waals surface area contributed by atoms with Crippen molar-refractivity contribution in [2.24, 2.45) is 0 Å². The van der Waals surface area contributed by atoms with Crippen molar-refractivity contribution in [1.29, 1.82) is 0 Å². The zero-order chi connectivity index (χ0) is 19.9. The van der Waals surface area contributed by atoms with Crippen molar-refractivity contribution < 1.29 is 62.3 Å². The van der Waals surface area contributed by atoms with Gasteiger partial charge in [0.2, 0.25) is 0 Å². The molecule has 3 amide bonds. The molecule has 2 aliphatic rings. The molecule has 150 valence electrons. The Bertz CT molecular complexity index is 666. The number of urea groups is 1. The highest BCUT2D eigenvalue weighted by Gasteiger charge is 2.50. The van der Waals surface area contributed by atoms with E-state index in [1.165, 1.54) is 0 Å². The first-order chi connectivity index (χ1) is 11.8. The third-order valence-electron chi connectivity index (χ3n) is 3.44. The smallest absolute Gasteiger partial charge is 0.394 e. The van der Waals surface area contributed by atoms with Crippen LogP contribution in [0, 0.1) is 0 Å². The number of carbonyl (C=O) groups excluding carboxylic acids is 2. The monoisotopic (exact) mass is 422 g/mol. The van der Waals surface area contributed by atoms with Gasteiger partial charge in [0.1, 0.15) is 18.3 Å². The molecule has 2 fully saturated rings. The van der Waals surface area contributed by atoms with Gasteiger partial charge in [-0.25, -0.2) is 13.9 Å². The van der Waals surface area contributed by atoms with Crippen molar-refractivity contribution in [3.8, 4) is 0 Å². The van der Waals surface area contributed by atoms with Gasteiger partial charge in [0.25, 0.3) is 5.91 Å². The quantitative estimate of drug-likeness (QED) is 0.207. The Morgan fingerprint density at radius 2 is 1.81 bits per heavy atom. The maximum absolute atomic E-state index is 11.9. The SMILES string of the molecule is O=C1NC(=O)N([C@@H]2O[C@H](CO)[C@@H](O)[C@H]2O)CC1OP(=O)(O)OP(=O)(O)O. The van der Waals surface area contributed by atoms with Crippen LogP contribution in [0.3, 0.4) is 0 Å². The normalized spacial score (nSPS) is 35.3. The van der Waals surface area contributed by atoms with Crippen LogP contribution in [0.2, 0.25) is 0 Å². The summed E-state index contributed by atoms with van der Waals surface area (Å²) in [5.74, 6) is -1.22. The van der Waals surface area contributed by atoms with Gasteiger partial charge < -0.3 is 34.7 Å². The molecule has 0 spiro atoms. The highest BCUT2D eigenvalue weighted by atomic mass is 31.3. The van der Waals surface area contributed by atoms with Crippen LogP contribution in [-0.4, -0.2) is 90.6 Å². The fraction of sp³-hybridized carbons (Fsp3) is 0.778. The van der Waals surface area contributed by atoms with E-state index in [0.29, 0.717) is 4.90 Å². The Labute approximate surface area is 144 Å². The second kappa shape index (κ2) is 7.58. The molecule has 2 unspecified atom stereocenters. The summed E-state index contributed by atoms with van der Waals surface area (Å²) in [5, 5.41) is 30.3. The van der Waals surface area contributed by atoms with Crippen molar-refractivity contribution in [2.75, 3.05) is 13.2 Å². The van der Waals surface area contributed by atoms with E-state index in [1.54, 1.807) is 5.32 Å². The predicted octanol–water partition coefficient (Wildman–Crippen LogP) is -3.43. The summed E-state index contributed by atoms with van der Waals surface area (Å²) in [6.45, 7) is -1.47. The molecule has 2 heterocycles. The molecule has 0 aromatic carbocycles. The number of phosphoric ester groups is 1. The average Bonchev–Trinajstić information content (AvgIpc) is 2.75. The molecule has 0 aromatic rings. The number of hydrogen-bond acceptors (Lipinski definition) is 10. The standard InChI is InChI=1S/C9H16N2O13P2/c12-2-4-5(13)6(14)8(22-4)11-1-3(7(15)10-9(11)16)23-26(20,21)24-25(17,18)19/h3-6,8,12-14H,1-2H2,(H,20,21)(H,10,15,16)(H2,17,18,19)/t3?,4-,5-,6-,8-/m1/s1. The van der Waals surface area contributed by atoms with Gasteiger partial charge in [0.15, 0.2) is 12.3 Å². The lowest BCUT2D eigenvalue weighted by molar-refractivity contribution is -0.136. The number of hydrogen-bond donors (Lipinski definition) is 7. The predicted molar refractivity (Wildman–Crippen MR) is 75.8 cm³/mol. The Kier molecular flexibility index (Phi) is 6.22. The summed E-state index contributed by atoms with van der Waals surface area (Å²) in [6, 6.07) is -1.10. The number of nitrogens with zero attached hydrogens (tertiary/aromatic N) is 1. The molecular formula is C9H16N2O13P2. The number of aliphatic hydroxyl groups is 3. The molecule has 2 aliphatic heterocycles. The van der Waals surface area contributed by atoms with Crippen LogP contribution in [0.5, 0.6) is 0 Å². The third-order valence-corrected chi connectivity index (χ3v) is 5.64. The van der Waals surface area contributed by atoms with E-state index in [4.69, 9.17) is 19.6 Å². The molecule has 26 heavy (non-hydrogen) atoms. The van der Waals surface area contributed by atoms with Crippen molar-refractivity contribution in [3.63, 3.8) is 0 Å². The van der Waals surface area contributed by atoms with E-state index < -0.39 is 71.4 Å². The van der Waals surface area contributed by atoms with Crippen LogP contribution in [0.15, 0.2) is 0 Å². The number of carbonyl (C=O) groups is 2. The van der Waals surface area contributed by atoms with Gasteiger partial charge in [0, 0.05) is 0 Å². The minimum atomic E-state index is -5.43. The summed E-state index contributed by atoms with van der Waals surface area (Å²) >= 11 is 0. The van der Waals surface area contributed by atoms with Crippen LogP contribution in [-0.2, 0) is 27.5 Å². The maximum atomic E-state index is 11.9. The Morgan fingerprint density at radius 1 is 1.19 bits per heavy atom. The zero-order valence-corrected chi connectivity index (χ0v) is 14.5. The van der Waals surface area contributed by atoms with Crippen LogP contribution < -0.4 is 5.32 Å². The Hall–Kier alpha value is -0.960. The van der Waals surface area contributed by atoms with Crippen LogP contribution in [0.1, 0.15) is 0 Å². The Balaban J connectivity index is 2.14. The van der Waals surface area contributed by atoms with Crippen molar-refractivity contribution >= 4 is 27.6 Å². The average molecular weight is 422 g/mol. The van der Waals surface area contributed by atoms with E-state index in [-0.39, 0.29) is 0 Å². The highest BCUT2D eigenvalue weighted by molar-refractivity contribution is 7.60. The summed E-state index contributed by atoms with van der Waals surface area (Å²) in [7, 11) is -10.8. The first kappa shape index (κ1) is 21.3. The molecule has 2 saturated heterocycles. The maximum Gasteiger partial charge on any atom is 0.481 e. The van der Waals surface area contributed by atoms with Gasteiger partial charge in [-0.05, 0) is 0 Å². The van der Waals surface area contributed by atoms with Gasteiger partial charge in [0.05, 0.1) is 13.2 Å². The van der Waals surface area contributed by atoms with Crippen LogP contribution in [0.4, 0.5) is 4.79 Å². The first-order valence-corrected chi connectivity index (χ1v) is 9.89. The topological polar surface area (TPSA) is 233 Å². The molecule has 7 N–H and O–H groups in total. The zero-order valence-electron chi connectivity index (χ0n) is 12.7. The lowest BCUT2D eigenvalue weighted by Gasteiger charge is -2.36. The molecule has 2 rings (SSSR count). The van der Waals surface area contributed by atoms with E-state index in [1.807, 2.05) is 0 Å². The molecule has 0 radical (unpaired) electrons. The largest absolute Gasteiger partial charge is 0.481 e. The number of ether oxygens (including phenoxy) is 1. The minimum absolute atomic E-state index is 0.632. The Morgan fingerprint density at radius 3 is 2.31 bits per heavy atom. The van der Waals surface area contributed by atoms with E-state index in [0.717, 1.165) is 0 Å². The highest BCUT2D eigenvalue weighted by Crippen LogP contribution is 2.58. The summed E-state index contributed by atoms with van der Waals surface area (Å²) in [4.78, 5) is 50.6. The number of phosphoric acid groups is 2. The minimum Gasteiger partial charge on any atom is -0.394 e. The van der Waals surface area contributed by atoms with E-state index in [9.17, 15) is 33.8 Å². The van der Waals surface area contributed by atoms with Gasteiger partial charge >= 0.3 is 21.7 Å². The van der Waals surface area contributed by atoms with Crippen molar-refractivity contribution in [2.45, 2.75) is 30.6 Å². The number of amides is 3. The lowest BCUT2D eigenvalue weighted by atomic mass is 10.1. The number of nitrogens with one attached hydrogen (secondary N) is 1. The van der Waals surface area contributed by atoms with Crippen molar-refractivity contribution in [3.05, 3.63) is 0 Å². The number of rotatable bonds is 6. The fourth-order valence-electron chi connectivity index (χ4n) is 2.35. The van der Waals surface area contributed by atoms with Gasteiger partial charge in [-0.1, -0.05) is 0 Å². The number of imide groups is 1. The summed E-state index contributed by atoms with van der Waals surface area (Å²) < 4.78 is 35.2. The second-order valence-electron chi connectivity index (χ2n) is 5.31. The molecule has 0 aliphatic carbocycles. The van der Waals surface area contributed by atoms with Crippen molar-refractivity contribution in [1.82, 2.24) is 10.2 Å². The third kappa shape index (κ3) is 4.85. The van der Waals surface area contributed by atoms with Gasteiger partial charge in [-0.2, -0.15) is 4.31 Å². The molecule has 17 heteroatoms. The lowest BCUT2D eigenvalue weighted by Crippen LogP contribution is -2.62. The number of aliphatic hydroxyl groups excluding tert-OH is 3. The van der Waals surface area contributed by atoms with Gasteiger partial charge in [-0.15, -0.1) is 0 Å². The van der Waals surface area contributed by atoms with Gasteiger partial charge in [-0.3, -0.25) is 19.5 Å². The second-order valence-corrected chi connectivity index (χ2v) is 8.09. The first-order valence-electron chi connectivity index (χ1n) is 6.86. The molecule has 15 nitrogen and oxygen atoms in total. The summed E-state index contributed by atoms with van der Waals surface area (Å²) in [5.41, 5.74) is 0. The van der Waals surface area contributed by atoms with Crippen LogP contribution >= 0.6 is 15.6 Å². The van der Waals surface area contributed by atoms with E-state index >= 15 is 0 Å². The fourth-order valence-corrected chi connectivity index (χ4v) is 4.07.